The first-order chi connectivity index (χ1) is 8.91. The van der Waals surface area contributed by atoms with Crippen LogP contribution in [0.4, 0.5) is 0 Å². The molecule has 1 amide bonds. The van der Waals surface area contributed by atoms with E-state index in [1.54, 1.807) is 0 Å². The highest BCUT2D eigenvalue weighted by atomic mass is 16.5. The SMILES string of the molecule is Cc1noc(C)c1[C@H](C)C(=O)N1CC[C@@H](N)C[C@@H]1C. The van der Waals surface area contributed by atoms with E-state index in [1.807, 2.05) is 25.7 Å². The Labute approximate surface area is 114 Å². The summed E-state index contributed by atoms with van der Waals surface area (Å²) in [5.41, 5.74) is 7.67. The number of carbonyl (C=O) groups is 1. The molecular weight excluding hydrogens is 242 g/mol. The highest BCUT2D eigenvalue weighted by Crippen LogP contribution is 2.27. The number of carbonyl (C=O) groups excluding carboxylic acids is 1. The number of aryl methyl sites for hydroxylation is 2. The standard InChI is InChI=1S/C14H23N3O2/c1-8-7-12(15)5-6-17(8)14(18)9(2)13-10(3)16-19-11(13)4/h8-9,12H,5-7,15H2,1-4H3/t8-,9-,12+/m0/s1. The van der Waals surface area contributed by atoms with Crippen LogP contribution in [0.2, 0.25) is 0 Å². The van der Waals surface area contributed by atoms with Gasteiger partial charge in [-0.05, 0) is 40.5 Å². The summed E-state index contributed by atoms with van der Waals surface area (Å²) in [6.07, 6.45) is 1.75. The number of rotatable bonds is 2. The molecule has 1 aromatic rings. The van der Waals surface area contributed by atoms with Crippen molar-refractivity contribution >= 4 is 5.91 Å². The lowest BCUT2D eigenvalue weighted by Gasteiger charge is -2.37. The number of nitrogens with zero attached hydrogens (tertiary/aromatic N) is 2. The van der Waals surface area contributed by atoms with E-state index in [0.717, 1.165) is 36.4 Å². The minimum absolute atomic E-state index is 0.147. The normalized spacial score (nSPS) is 25.4. The van der Waals surface area contributed by atoms with Crippen molar-refractivity contribution in [3.63, 3.8) is 0 Å². The Balaban J connectivity index is 2.16. The third kappa shape index (κ3) is 2.66. The van der Waals surface area contributed by atoms with Gasteiger partial charge < -0.3 is 15.2 Å². The van der Waals surface area contributed by atoms with E-state index in [2.05, 4.69) is 12.1 Å². The summed E-state index contributed by atoms with van der Waals surface area (Å²) in [7, 11) is 0. The molecule has 2 heterocycles. The second-order valence-corrected chi connectivity index (χ2v) is 5.62. The molecule has 5 nitrogen and oxygen atoms in total. The Hall–Kier alpha value is -1.36. The lowest BCUT2D eigenvalue weighted by molar-refractivity contribution is -0.135. The summed E-state index contributed by atoms with van der Waals surface area (Å²) in [5, 5.41) is 3.93. The minimum atomic E-state index is -0.206. The maximum absolute atomic E-state index is 12.6. The van der Waals surface area contributed by atoms with Gasteiger partial charge in [-0.25, -0.2) is 0 Å². The zero-order chi connectivity index (χ0) is 14.2. The predicted octanol–water partition coefficient (Wildman–Crippen LogP) is 1.73. The Bertz CT molecular complexity index is 450. The molecule has 2 N–H and O–H groups in total. The zero-order valence-electron chi connectivity index (χ0n) is 12.1. The van der Waals surface area contributed by atoms with Crippen molar-refractivity contribution < 1.29 is 9.32 Å². The van der Waals surface area contributed by atoms with Crippen LogP contribution in [0.25, 0.3) is 0 Å². The van der Waals surface area contributed by atoms with Crippen LogP contribution in [0, 0.1) is 13.8 Å². The van der Waals surface area contributed by atoms with E-state index >= 15 is 0 Å². The van der Waals surface area contributed by atoms with E-state index in [-0.39, 0.29) is 23.9 Å². The monoisotopic (exact) mass is 265 g/mol. The van der Waals surface area contributed by atoms with Crippen molar-refractivity contribution in [2.45, 2.75) is 58.5 Å². The first-order valence-electron chi connectivity index (χ1n) is 6.90. The number of nitrogens with two attached hydrogens (primary N) is 1. The van der Waals surface area contributed by atoms with E-state index in [1.165, 1.54) is 0 Å². The molecule has 5 heteroatoms. The van der Waals surface area contributed by atoms with E-state index in [9.17, 15) is 4.79 Å². The number of aromatic nitrogens is 1. The van der Waals surface area contributed by atoms with Crippen LogP contribution in [0.15, 0.2) is 4.52 Å². The van der Waals surface area contributed by atoms with Crippen molar-refractivity contribution in [3.8, 4) is 0 Å². The molecule has 1 aliphatic rings. The molecule has 0 saturated carbocycles. The fourth-order valence-electron chi connectivity index (χ4n) is 3.02. The Morgan fingerprint density at radius 1 is 1.53 bits per heavy atom. The van der Waals surface area contributed by atoms with Gasteiger partial charge in [-0.1, -0.05) is 5.16 Å². The van der Waals surface area contributed by atoms with Crippen molar-refractivity contribution in [1.82, 2.24) is 10.1 Å². The number of likely N-dealkylation sites (tertiary alicyclic amines) is 1. The summed E-state index contributed by atoms with van der Waals surface area (Å²) in [6.45, 7) is 8.47. The second-order valence-electron chi connectivity index (χ2n) is 5.62. The van der Waals surface area contributed by atoms with Crippen LogP contribution in [0.5, 0.6) is 0 Å². The predicted molar refractivity (Wildman–Crippen MR) is 72.8 cm³/mol. The van der Waals surface area contributed by atoms with Gasteiger partial charge in [-0.15, -0.1) is 0 Å². The van der Waals surface area contributed by atoms with Crippen LogP contribution < -0.4 is 5.73 Å². The fraction of sp³-hybridized carbons (Fsp3) is 0.714. The van der Waals surface area contributed by atoms with Gasteiger partial charge in [0.1, 0.15) is 5.76 Å². The fourth-order valence-corrected chi connectivity index (χ4v) is 3.02. The minimum Gasteiger partial charge on any atom is -0.361 e. The van der Waals surface area contributed by atoms with Crippen molar-refractivity contribution in [3.05, 3.63) is 17.0 Å². The molecule has 1 fully saturated rings. The maximum Gasteiger partial charge on any atom is 0.230 e. The lowest BCUT2D eigenvalue weighted by Crippen LogP contribution is -2.49. The smallest absolute Gasteiger partial charge is 0.230 e. The third-order valence-corrected chi connectivity index (χ3v) is 4.09. The second kappa shape index (κ2) is 5.33. The largest absolute Gasteiger partial charge is 0.361 e. The molecule has 0 aliphatic carbocycles. The average Bonchev–Trinajstić information content (AvgIpc) is 2.67. The van der Waals surface area contributed by atoms with Crippen LogP contribution >= 0.6 is 0 Å². The van der Waals surface area contributed by atoms with Gasteiger partial charge in [-0.3, -0.25) is 4.79 Å². The topological polar surface area (TPSA) is 72.4 Å². The molecule has 0 aromatic carbocycles. The molecule has 0 unspecified atom stereocenters. The van der Waals surface area contributed by atoms with Gasteiger partial charge in [0, 0.05) is 24.2 Å². The molecule has 0 radical (unpaired) electrons. The Morgan fingerprint density at radius 3 is 2.74 bits per heavy atom. The van der Waals surface area contributed by atoms with Crippen LogP contribution in [0.1, 0.15) is 49.6 Å². The van der Waals surface area contributed by atoms with Gasteiger partial charge in [0.15, 0.2) is 0 Å². The Morgan fingerprint density at radius 2 is 2.21 bits per heavy atom. The lowest BCUT2D eigenvalue weighted by atomic mass is 9.93. The molecule has 106 valence electrons. The van der Waals surface area contributed by atoms with Gasteiger partial charge in [-0.2, -0.15) is 0 Å². The molecule has 1 aliphatic heterocycles. The van der Waals surface area contributed by atoms with Crippen molar-refractivity contribution in [1.29, 1.82) is 0 Å². The van der Waals surface area contributed by atoms with Crippen LogP contribution in [-0.2, 0) is 4.79 Å². The Kier molecular flexibility index (Phi) is 3.94. The van der Waals surface area contributed by atoms with E-state index < -0.39 is 0 Å². The van der Waals surface area contributed by atoms with Crippen LogP contribution in [-0.4, -0.2) is 34.6 Å². The van der Waals surface area contributed by atoms with E-state index in [4.69, 9.17) is 10.3 Å². The average molecular weight is 265 g/mol. The molecule has 2 rings (SSSR count). The molecule has 0 spiro atoms. The molecule has 19 heavy (non-hydrogen) atoms. The molecule has 3 atom stereocenters. The summed E-state index contributed by atoms with van der Waals surface area (Å²) in [5.74, 6) is 0.677. The number of piperidine rings is 1. The summed E-state index contributed by atoms with van der Waals surface area (Å²) in [6, 6.07) is 0.424. The van der Waals surface area contributed by atoms with Gasteiger partial charge in [0.2, 0.25) is 5.91 Å². The molecule has 0 bridgehead atoms. The first-order valence-corrected chi connectivity index (χ1v) is 6.90. The van der Waals surface area contributed by atoms with Gasteiger partial charge >= 0.3 is 0 Å². The van der Waals surface area contributed by atoms with Crippen molar-refractivity contribution in [2.75, 3.05) is 6.54 Å². The van der Waals surface area contributed by atoms with E-state index in [0.29, 0.717) is 0 Å². The molecule has 1 aromatic heterocycles. The number of amides is 1. The maximum atomic E-state index is 12.6. The highest BCUT2D eigenvalue weighted by molar-refractivity contribution is 5.84. The van der Waals surface area contributed by atoms with Crippen molar-refractivity contribution in [2.24, 2.45) is 5.73 Å². The van der Waals surface area contributed by atoms with Crippen LogP contribution in [0.3, 0.4) is 0 Å². The molecular formula is C14H23N3O2. The number of hydrogen-bond donors (Lipinski definition) is 1. The summed E-state index contributed by atoms with van der Waals surface area (Å²) < 4.78 is 5.16. The quantitative estimate of drug-likeness (QED) is 0.884. The highest BCUT2D eigenvalue weighted by Gasteiger charge is 2.32. The number of hydrogen-bond acceptors (Lipinski definition) is 4. The molecule has 1 saturated heterocycles. The summed E-state index contributed by atoms with van der Waals surface area (Å²) >= 11 is 0. The zero-order valence-corrected chi connectivity index (χ0v) is 12.1. The van der Waals surface area contributed by atoms with Gasteiger partial charge in [0.25, 0.3) is 0 Å². The third-order valence-electron chi connectivity index (χ3n) is 4.09. The first kappa shape index (κ1) is 14.1. The van der Waals surface area contributed by atoms with Gasteiger partial charge in [0.05, 0.1) is 11.6 Å². The summed E-state index contributed by atoms with van der Waals surface area (Å²) in [4.78, 5) is 14.6.